The normalized spacial score (nSPS) is 10.2. The van der Waals surface area contributed by atoms with Crippen LogP contribution in [0.4, 0.5) is 5.69 Å². The van der Waals surface area contributed by atoms with E-state index in [2.05, 4.69) is 32.7 Å². The van der Waals surface area contributed by atoms with E-state index in [1.807, 2.05) is 36.4 Å². The Morgan fingerprint density at radius 1 is 0.920 bits per heavy atom. The van der Waals surface area contributed by atoms with Crippen molar-refractivity contribution < 1.29 is 4.79 Å². The molecule has 0 bridgehead atoms. The molecule has 2 aromatic heterocycles. The van der Waals surface area contributed by atoms with E-state index in [4.69, 9.17) is 0 Å². The molecule has 2 N–H and O–H groups in total. The van der Waals surface area contributed by atoms with E-state index in [-0.39, 0.29) is 5.91 Å². The third-order valence-corrected chi connectivity index (χ3v) is 3.79. The maximum absolute atomic E-state index is 12.3. The van der Waals surface area contributed by atoms with Gasteiger partial charge < -0.3 is 10.6 Å². The Balaban J connectivity index is 1.52. The van der Waals surface area contributed by atoms with Crippen molar-refractivity contribution in [3.63, 3.8) is 0 Å². The molecule has 1 amide bonds. The second-order valence-electron chi connectivity index (χ2n) is 5.66. The van der Waals surface area contributed by atoms with Crippen LogP contribution in [0.2, 0.25) is 0 Å². The molecule has 0 fully saturated rings. The van der Waals surface area contributed by atoms with Crippen molar-refractivity contribution in [2.45, 2.75) is 13.0 Å². The van der Waals surface area contributed by atoms with Crippen molar-refractivity contribution in [2.75, 3.05) is 11.9 Å². The zero-order valence-corrected chi connectivity index (χ0v) is 13.9. The average molecular weight is 332 g/mol. The molecule has 5 nitrogen and oxygen atoms in total. The zero-order valence-electron chi connectivity index (χ0n) is 13.9. The minimum atomic E-state index is -0.115. The summed E-state index contributed by atoms with van der Waals surface area (Å²) in [5.41, 5.74) is 3.68. The first-order valence-corrected chi connectivity index (χ1v) is 8.21. The second kappa shape index (κ2) is 8.59. The van der Waals surface area contributed by atoms with Gasteiger partial charge in [0.15, 0.2) is 0 Å². The lowest BCUT2D eigenvalue weighted by molar-refractivity contribution is 0.0954. The van der Waals surface area contributed by atoms with E-state index in [1.54, 1.807) is 24.8 Å². The van der Waals surface area contributed by atoms with Crippen molar-refractivity contribution in [2.24, 2.45) is 0 Å². The standard InChI is InChI=1S/C20H20N4O/c25-20(23-11-8-16-4-2-1-3-5-16)18-12-19(15-22-14-18)24-13-17-6-9-21-10-7-17/h1-7,9-10,12,14-15,24H,8,11,13H2,(H,23,25). The summed E-state index contributed by atoms with van der Waals surface area (Å²) in [6.07, 6.45) is 7.61. The summed E-state index contributed by atoms with van der Waals surface area (Å²) < 4.78 is 0. The van der Waals surface area contributed by atoms with Crippen molar-refractivity contribution in [3.8, 4) is 0 Å². The monoisotopic (exact) mass is 332 g/mol. The fourth-order valence-corrected chi connectivity index (χ4v) is 2.43. The highest BCUT2D eigenvalue weighted by molar-refractivity contribution is 5.94. The van der Waals surface area contributed by atoms with Crippen LogP contribution in [0.1, 0.15) is 21.5 Å². The first-order chi connectivity index (χ1) is 12.3. The Labute approximate surface area is 147 Å². The zero-order chi connectivity index (χ0) is 17.3. The first-order valence-electron chi connectivity index (χ1n) is 8.21. The molecular weight excluding hydrogens is 312 g/mol. The fourth-order valence-electron chi connectivity index (χ4n) is 2.43. The molecule has 0 aliphatic carbocycles. The topological polar surface area (TPSA) is 66.9 Å². The van der Waals surface area contributed by atoms with Crippen molar-refractivity contribution in [1.29, 1.82) is 0 Å². The number of aromatic nitrogens is 2. The number of hydrogen-bond acceptors (Lipinski definition) is 4. The molecule has 0 unspecified atom stereocenters. The maximum atomic E-state index is 12.3. The van der Waals surface area contributed by atoms with Crippen LogP contribution in [0, 0.1) is 0 Å². The van der Waals surface area contributed by atoms with Crippen LogP contribution in [0.15, 0.2) is 73.3 Å². The van der Waals surface area contributed by atoms with E-state index in [0.29, 0.717) is 18.7 Å². The quantitative estimate of drug-likeness (QED) is 0.698. The van der Waals surface area contributed by atoms with E-state index in [0.717, 1.165) is 17.7 Å². The van der Waals surface area contributed by atoms with Gasteiger partial charge in [-0.05, 0) is 35.7 Å². The van der Waals surface area contributed by atoms with Gasteiger partial charge in [0, 0.05) is 37.9 Å². The molecule has 0 aliphatic rings. The van der Waals surface area contributed by atoms with Gasteiger partial charge in [-0.3, -0.25) is 14.8 Å². The lowest BCUT2D eigenvalue weighted by Crippen LogP contribution is -2.25. The van der Waals surface area contributed by atoms with Gasteiger partial charge in [0.2, 0.25) is 0 Å². The molecule has 2 heterocycles. The van der Waals surface area contributed by atoms with Gasteiger partial charge in [-0.1, -0.05) is 30.3 Å². The molecule has 0 saturated carbocycles. The molecule has 3 aromatic rings. The maximum Gasteiger partial charge on any atom is 0.252 e. The number of anilines is 1. The van der Waals surface area contributed by atoms with Crippen LogP contribution in [-0.2, 0) is 13.0 Å². The lowest BCUT2D eigenvalue weighted by atomic mass is 10.1. The summed E-state index contributed by atoms with van der Waals surface area (Å²) >= 11 is 0. The molecule has 3 rings (SSSR count). The van der Waals surface area contributed by atoms with Gasteiger partial charge >= 0.3 is 0 Å². The Kier molecular flexibility index (Phi) is 5.72. The van der Waals surface area contributed by atoms with Gasteiger partial charge in [0.1, 0.15) is 0 Å². The number of rotatable bonds is 7. The number of pyridine rings is 2. The first kappa shape index (κ1) is 16.6. The van der Waals surface area contributed by atoms with Gasteiger partial charge in [0.25, 0.3) is 5.91 Å². The smallest absolute Gasteiger partial charge is 0.252 e. The highest BCUT2D eigenvalue weighted by Gasteiger charge is 2.06. The summed E-state index contributed by atoms with van der Waals surface area (Å²) in [5.74, 6) is -0.115. The summed E-state index contributed by atoms with van der Waals surface area (Å²) in [6, 6.07) is 15.8. The van der Waals surface area contributed by atoms with Crippen LogP contribution in [-0.4, -0.2) is 22.4 Å². The lowest BCUT2D eigenvalue weighted by Gasteiger charge is -2.09. The fraction of sp³-hybridized carbons (Fsp3) is 0.150. The highest BCUT2D eigenvalue weighted by Crippen LogP contribution is 2.10. The Morgan fingerprint density at radius 2 is 1.72 bits per heavy atom. The molecule has 0 radical (unpaired) electrons. The van der Waals surface area contributed by atoms with E-state index >= 15 is 0 Å². The van der Waals surface area contributed by atoms with E-state index in [1.165, 1.54) is 5.56 Å². The number of hydrogen-bond donors (Lipinski definition) is 2. The van der Waals surface area contributed by atoms with Crippen molar-refractivity contribution in [1.82, 2.24) is 15.3 Å². The van der Waals surface area contributed by atoms with Crippen LogP contribution in [0.25, 0.3) is 0 Å². The Hall–Kier alpha value is -3.21. The predicted molar refractivity (Wildman–Crippen MR) is 98.3 cm³/mol. The molecule has 126 valence electrons. The summed E-state index contributed by atoms with van der Waals surface area (Å²) in [5, 5.41) is 6.20. The summed E-state index contributed by atoms with van der Waals surface area (Å²) in [7, 11) is 0. The number of benzene rings is 1. The predicted octanol–water partition coefficient (Wildman–Crippen LogP) is 3.06. The minimum Gasteiger partial charge on any atom is -0.380 e. The number of carbonyl (C=O) groups is 1. The molecule has 0 aliphatic heterocycles. The van der Waals surface area contributed by atoms with Crippen molar-refractivity contribution >= 4 is 11.6 Å². The van der Waals surface area contributed by atoms with Crippen molar-refractivity contribution in [3.05, 3.63) is 90.0 Å². The molecule has 0 atom stereocenters. The Morgan fingerprint density at radius 3 is 2.52 bits per heavy atom. The summed E-state index contributed by atoms with van der Waals surface area (Å²) in [6.45, 7) is 1.25. The van der Waals surface area contributed by atoms with Crippen LogP contribution >= 0.6 is 0 Å². The number of carbonyl (C=O) groups excluding carboxylic acids is 1. The van der Waals surface area contributed by atoms with Crippen LogP contribution < -0.4 is 10.6 Å². The second-order valence-corrected chi connectivity index (χ2v) is 5.66. The van der Waals surface area contributed by atoms with Crippen LogP contribution in [0.5, 0.6) is 0 Å². The van der Waals surface area contributed by atoms with Gasteiger partial charge in [0.05, 0.1) is 11.3 Å². The van der Waals surface area contributed by atoms with Gasteiger partial charge in [-0.2, -0.15) is 0 Å². The number of amides is 1. The van der Waals surface area contributed by atoms with E-state index in [9.17, 15) is 4.79 Å². The average Bonchev–Trinajstić information content (AvgIpc) is 2.68. The minimum absolute atomic E-state index is 0.115. The SMILES string of the molecule is O=C(NCCc1ccccc1)c1cncc(NCc2ccncc2)c1. The molecule has 1 aromatic carbocycles. The Bertz CT molecular complexity index is 806. The molecule has 0 saturated heterocycles. The van der Waals surface area contributed by atoms with Gasteiger partial charge in [-0.25, -0.2) is 0 Å². The molecule has 0 spiro atoms. The number of nitrogens with one attached hydrogen (secondary N) is 2. The highest BCUT2D eigenvalue weighted by atomic mass is 16.1. The number of nitrogens with zero attached hydrogens (tertiary/aromatic N) is 2. The third-order valence-electron chi connectivity index (χ3n) is 3.79. The summed E-state index contributed by atoms with van der Waals surface area (Å²) in [4.78, 5) is 20.4. The third kappa shape index (κ3) is 5.14. The molecule has 5 heteroatoms. The van der Waals surface area contributed by atoms with Crippen LogP contribution in [0.3, 0.4) is 0 Å². The largest absolute Gasteiger partial charge is 0.380 e. The van der Waals surface area contributed by atoms with E-state index < -0.39 is 0 Å². The molecular formula is C20H20N4O. The molecule has 25 heavy (non-hydrogen) atoms. The van der Waals surface area contributed by atoms with Gasteiger partial charge in [-0.15, -0.1) is 0 Å².